The number of carbonyl (C=O) groups excluding carboxylic acids is 1. The zero-order valence-corrected chi connectivity index (χ0v) is 11.9. The van der Waals surface area contributed by atoms with Crippen LogP contribution in [0.25, 0.3) is 0 Å². The molecule has 0 aromatic heterocycles. The second kappa shape index (κ2) is 4.93. The monoisotopic (exact) mass is 257 g/mol. The van der Waals surface area contributed by atoms with Gasteiger partial charge in [-0.25, -0.2) is 4.79 Å². The number of aryl methyl sites for hydroxylation is 3. The highest BCUT2D eigenvalue weighted by molar-refractivity contribution is 5.77. The summed E-state index contributed by atoms with van der Waals surface area (Å²) in [4.78, 5) is 15.4. The van der Waals surface area contributed by atoms with E-state index in [1.807, 2.05) is 13.1 Å². The first kappa shape index (κ1) is 13.4. The van der Waals surface area contributed by atoms with Crippen LogP contribution in [0.3, 0.4) is 0 Å². The summed E-state index contributed by atoms with van der Waals surface area (Å²) >= 11 is 0. The fraction of sp³-hybridized carbons (Fsp3) is 0.467. The van der Waals surface area contributed by atoms with Crippen LogP contribution in [-0.4, -0.2) is 36.0 Å². The van der Waals surface area contributed by atoms with Crippen molar-refractivity contribution in [3.63, 3.8) is 0 Å². The van der Waals surface area contributed by atoms with Gasteiger partial charge in [-0.2, -0.15) is 5.26 Å². The molecule has 100 valence electrons. The van der Waals surface area contributed by atoms with Crippen LogP contribution in [0.5, 0.6) is 0 Å². The van der Waals surface area contributed by atoms with Crippen molar-refractivity contribution in [3.8, 4) is 6.07 Å². The Hall–Kier alpha value is -2.02. The summed E-state index contributed by atoms with van der Waals surface area (Å²) in [5.74, 6) is 0. The summed E-state index contributed by atoms with van der Waals surface area (Å²) < 4.78 is 0. The lowest BCUT2D eigenvalue weighted by molar-refractivity contribution is 0.199. The average molecular weight is 257 g/mol. The molecule has 0 N–H and O–H groups in total. The van der Waals surface area contributed by atoms with E-state index in [1.165, 1.54) is 22.3 Å². The number of urea groups is 1. The number of benzene rings is 1. The predicted molar refractivity (Wildman–Crippen MR) is 73.7 cm³/mol. The summed E-state index contributed by atoms with van der Waals surface area (Å²) in [5.41, 5.74) is 4.86. The lowest BCUT2D eigenvalue weighted by atomic mass is 9.94. The molecule has 4 nitrogen and oxygen atoms in total. The number of carbonyl (C=O) groups is 1. The first-order valence-electron chi connectivity index (χ1n) is 6.42. The van der Waals surface area contributed by atoms with Crippen LogP contribution >= 0.6 is 0 Å². The molecule has 4 heteroatoms. The topological polar surface area (TPSA) is 47.3 Å². The number of rotatable bonds is 2. The Kier molecular flexibility index (Phi) is 3.48. The molecule has 19 heavy (non-hydrogen) atoms. The molecule has 0 spiro atoms. The first-order chi connectivity index (χ1) is 8.95. The molecule has 1 aliphatic heterocycles. The van der Waals surface area contributed by atoms with Gasteiger partial charge in [0.25, 0.3) is 0 Å². The van der Waals surface area contributed by atoms with E-state index in [4.69, 9.17) is 5.26 Å². The fourth-order valence-electron chi connectivity index (χ4n) is 2.98. The Bertz CT molecular complexity index is 536. The molecule has 1 fully saturated rings. The van der Waals surface area contributed by atoms with Crippen LogP contribution in [-0.2, 0) is 0 Å². The molecule has 1 atom stereocenters. The van der Waals surface area contributed by atoms with Crippen molar-refractivity contribution in [3.05, 3.63) is 34.4 Å². The second-order valence-electron chi connectivity index (χ2n) is 5.26. The van der Waals surface area contributed by atoms with Crippen LogP contribution in [0.1, 0.15) is 28.3 Å². The second-order valence-corrected chi connectivity index (χ2v) is 5.26. The molecule has 1 aromatic carbocycles. The van der Waals surface area contributed by atoms with Crippen LogP contribution in [0.4, 0.5) is 4.79 Å². The predicted octanol–water partition coefficient (Wildman–Crippen LogP) is 2.54. The maximum absolute atomic E-state index is 12.1. The Balaban J connectivity index is 2.39. The van der Waals surface area contributed by atoms with Gasteiger partial charge in [0.15, 0.2) is 0 Å². The summed E-state index contributed by atoms with van der Waals surface area (Å²) in [7, 11) is 1.81. The molecular formula is C15H19N3O. The molecule has 1 unspecified atom stereocenters. The summed E-state index contributed by atoms with van der Waals surface area (Å²) in [6.07, 6.45) is 0. The summed E-state index contributed by atoms with van der Waals surface area (Å²) in [6.45, 7) is 6.99. The normalized spacial score (nSPS) is 18.9. The van der Waals surface area contributed by atoms with Crippen LogP contribution in [0, 0.1) is 32.1 Å². The van der Waals surface area contributed by atoms with Crippen LogP contribution < -0.4 is 0 Å². The maximum Gasteiger partial charge on any atom is 0.321 e. The summed E-state index contributed by atoms with van der Waals surface area (Å²) in [5, 5.41) is 8.77. The van der Waals surface area contributed by atoms with Gasteiger partial charge in [-0.1, -0.05) is 17.7 Å². The van der Waals surface area contributed by atoms with Crippen molar-refractivity contribution >= 4 is 6.03 Å². The lowest BCUT2D eigenvalue weighted by Crippen LogP contribution is -2.29. The molecule has 1 saturated heterocycles. The van der Waals surface area contributed by atoms with Gasteiger partial charge in [0.2, 0.25) is 0 Å². The van der Waals surface area contributed by atoms with Crippen molar-refractivity contribution in [2.24, 2.45) is 0 Å². The molecule has 1 heterocycles. The van der Waals surface area contributed by atoms with Gasteiger partial charge in [0.1, 0.15) is 6.54 Å². The van der Waals surface area contributed by atoms with Gasteiger partial charge >= 0.3 is 6.03 Å². The van der Waals surface area contributed by atoms with Gasteiger partial charge in [0, 0.05) is 13.6 Å². The summed E-state index contributed by atoms with van der Waals surface area (Å²) in [6, 6.07) is 6.32. The minimum absolute atomic E-state index is 0.0430. The third-order valence-corrected chi connectivity index (χ3v) is 3.77. The maximum atomic E-state index is 12.1. The largest absolute Gasteiger partial charge is 0.321 e. The molecule has 0 bridgehead atoms. The number of likely N-dealkylation sites (N-methyl/N-ethyl adjacent to an activating group) is 1. The van der Waals surface area contributed by atoms with E-state index < -0.39 is 0 Å². The average Bonchev–Trinajstić information content (AvgIpc) is 2.57. The molecule has 0 radical (unpaired) electrons. The highest BCUT2D eigenvalue weighted by atomic mass is 16.2. The lowest BCUT2D eigenvalue weighted by Gasteiger charge is -2.22. The van der Waals surface area contributed by atoms with E-state index in [9.17, 15) is 4.79 Å². The SMILES string of the molecule is Cc1cc(C)c(C2CN(CC#N)C(=O)N2C)c(C)c1. The standard InChI is InChI=1S/C15H19N3O/c1-10-7-11(2)14(12(3)8-10)13-9-18(6-5-16)15(19)17(13)4/h7-8,13H,6,9H2,1-4H3. The van der Waals surface area contributed by atoms with Crippen molar-refractivity contribution in [2.75, 3.05) is 20.1 Å². The van der Waals surface area contributed by atoms with Crippen molar-refractivity contribution in [2.45, 2.75) is 26.8 Å². The van der Waals surface area contributed by atoms with E-state index in [1.54, 1.807) is 9.80 Å². The van der Waals surface area contributed by atoms with E-state index in [0.717, 1.165) is 0 Å². The van der Waals surface area contributed by atoms with Gasteiger partial charge in [-0.05, 0) is 37.5 Å². The van der Waals surface area contributed by atoms with E-state index in [2.05, 4.69) is 32.9 Å². The first-order valence-corrected chi connectivity index (χ1v) is 6.42. The Labute approximate surface area is 114 Å². The number of amides is 2. The Morgan fingerprint density at radius 3 is 2.42 bits per heavy atom. The van der Waals surface area contributed by atoms with Crippen molar-refractivity contribution in [1.29, 1.82) is 5.26 Å². The number of hydrogen-bond donors (Lipinski definition) is 0. The van der Waals surface area contributed by atoms with Gasteiger partial charge in [-0.15, -0.1) is 0 Å². The smallest absolute Gasteiger partial charge is 0.319 e. The van der Waals surface area contributed by atoms with Gasteiger partial charge in [-0.3, -0.25) is 0 Å². The fourth-order valence-corrected chi connectivity index (χ4v) is 2.98. The zero-order valence-electron chi connectivity index (χ0n) is 11.9. The highest BCUT2D eigenvalue weighted by Crippen LogP contribution is 2.32. The van der Waals surface area contributed by atoms with Crippen LogP contribution in [0.2, 0.25) is 0 Å². The van der Waals surface area contributed by atoms with E-state index in [0.29, 0.717) is 6.54 Å². The molecule has 1 aromatic rings. The molecule has 2 rings (SSSR count). The Morgan fingerprint density at radius 2 is 1.89 bits per heavy atom. The minimum Gasteiger partial charge on any atom is -0.319 e. The molecular weight excluding hydrogens is 238 g/mol. The Morgan fingerprint density at radius 1 is 1.32 bits per heavy atom. The minimum atomic E-state index is -0.0640. The van der Waals surface area contributed by atoms with Crippen LogP contribution in [0.15, 0.2) is 12.1 Å². The quantitative estimate of drug-likeness (QED) is 0.764. The zero-order chi connectivity index (χ0) is 14.2. The molecule has 2 amide bonds. The van der Waals surface area contributed by atoms with E-state index in [-0.39, 0.29) is 18.6 Å². The third-order valence-electron chi connectivity index (χ3n) is 3.77. The van der Waals surface area contributed by atoms with Gasteiger partial charge in [0.05, 0.1) is 12.1 Å². The molecule has 1 aliphatic rings. The third kappa shape index (κ3) is 2.28. The highest BCUT2D eigenvalue weighted by Gasteiger charge is 2.36. The van der Waals surface area contributed by atoms with E-state index >= 15 is 0 Å². The number of nitrogens with zero attached hydrogens (tertiary/aromatic N) is 3. The van der Waals surface area contributed by atoms with Crippen molar-refractivity contribution in [1.82, 2.24) is 9.80 Å². The molecule has 0 saturated carbocycles. The number of hydrogen-bond acceptors (Lipinski definition) is 2. The molecule has 0 aliphatic carbocycles. The van der Waals surface area contributed by atoms with Gasteiger partial charge < -0.3 is 9.80 Å². The van der Waals surface area contributed by atoms with Crippen molar-refractivity contribution < 1.29 is 4.79 Å². The number of nitriles is 1.